The van der Waals surface area contributed by atoms with E-state index in [-0.39, 0.29) is 30.5 Å². The molecule has 2 aliphatic heterocycles. The Hall–Kier alpha value is -3.09. The number of ether oxygens (including phenoxy) is 2. The molecular weight excluding hydrogens is 387 g/mol. The van der Waals surface area contributed by atoms with Crippen molar-refractivity contribution in [3.8, 4) is 11.5 Å². The van der Waals surface area contributed by atoms with E-state index in [1.807, 2.05) is 24.3 Å². The third-order valence-electron chi connectivity index (χ3n) is 5.89. The van der Waals surface area contributed by atoms with Crippen LogP contribution in [-0.2, 0) is 16.2 Å². The summed E-state index contributed by atoms with van der Waals surface area (Å²) in [5.41, 5.74) is 2.52. The lowest BCUT2D eigenvalue weighted by atomic mass is 9.84. The van der Waals surface area contributed by atoms with Gasteiger partial charge in [0.25, 0.3) is 0 Å². The summed E-state index contributed by atoms with van der Waals surface area (Å²) < 4.78 is 24.4. The molecule has 2 aromatic rings. The second kappa shape index (κ2) is 7.97. The summed E-state index contributed by atoms with van der Waals surface area (Å²) in [7, 11) is 0. The zero-order valence-electron chi connectivity index (χ0n) is 16.6. The van der Waals surface area contributed by atoms with E-state index in [1.54, 1.807) is 11.0 Å². The Morgan fingerprint density at radius 3 is 2.80 bits per heavy atom. The van der Waals surface area contributed by atoms with E-state index in [9.17, 15) is 9.18 Å². The summed E-state index contributed by atoms with van der Waals surface area (Å²) in [6, 6.07) is 12.1. The molecule has 156 valence electrons. The molecule has 1 fully saturated rings. The molecule has 0 bridgehead atoms. The minimum Gasteiger partial charge on any atom is -0.454 e. The number of hydrogen-bond donors (Lipinski definition) is 0. The van der Waals surface area contributed by atoms with Crippen LogP contribution < -0.4 is 9.47 Å². The van der Waals surface area contributed by atoms with E-state index in [0.717, 1.165) is 41.9 Å². The number of halogens is 1. The van der Waals surface area contributed by atoms with Crippen molar-refractivity contribution in [3.63, 3.8) is 0 Å². The zero-order chi connectivity index (χ0) is 20.5. The summed E-state index contributed by atoms with van der Waals surface area (Å²) in [6.07, 6.45) is 3.29. The van der Waals surface area contributed by atoms with Gasteiger partial charge in [-0.15, -0.1) is 0 Å². The van der Waals surface area contributed by atoms with Gasteiger partial charge >= 0.3 is 0 Å². The van der Waals surface area contributed by atoms with Crippen LogP contribution in [0.4, 0.5) is 4.39 Å². The molecule has 2 aromatic carbocycles. The maximum Gasteiger partial charge on any atom is 0.231 e. The largest absolute Gasteiger partial charge is 0.454 e. The second-order valence-electron chi connectivity index (χ2n) is 8.01. The maximum absolute atomic E-state index is 13.6. The van der Waals surface area contributed by atoms with Gasteiger partial charge in [0.1, 0.15) is 5.82 Å². The second-order valence-corrected chi connectivity index (χ2v) is 8.01. The molecule has 0 radical (unpaired) electrons. The molecule has 1 amide bonds. The Balaban J connectivity index is 1.27. The molecule has 0 aromatic heterocycles. The summed E-state index contributed by atoms with van der Waals surface area (Å²) >= 11 is 0. The summed E-state index contributed by atoms with van der Waals surface area (Å²) in [5, 5.41) is 4.25. The number of rotatable bonds is 6. The Morgan fingerprint density at radius 2 is 2.00 bits per heavy atom. The highest BCUT2D eigenvalue weighted by Gasteiger charge is 2.33. The van der Waals surface area contributed by atoms with Gasteiger partial charge in [-0.2, -0.15) is 0 Å². The standard InChI is InChI=1S/C23H23FN2O4/c24-18-6-1-3-15(9-18)12-26(23(27)16-4-2-5-16)13-19-11-20(25-30-19)17-7-8-21-22(10-17)29-14-28-21/h1,3,6-10,16,19H,2,4-5,11-14H2/t19-/m1/s1. The average Bonchev–Trinajstić information content (AvgIpc) is 3.34. The van der Waals surface area contributed by atoms with Crippen LogP contribution in [-0.4, -0.2) is 36.0 Å². The minimum atomic E-state index is -0.297. The molecule has 0 N–H and O–H groups in total. The number of carbonyl (C=O) groups is 1. The van der Waals surface area contributed by atoms with Gasteiger partial charge in [0.2, 0.25) is 12.7 Å². The monoisotopic (exact) mass is 410 g/mol. The number of nitrogens with zero attached hydrogens (tertiary/aromatic N) is 2. The van der Waals surface area contributed by atoms with Crippen molar-refractivity contribution in [1.29, 1.82) is 0 Å². The van der Waals surface area contributed by atoms with Crippen LogP contribution in [0.1, 0.15) is 36.8 Å². The van der Waals surface area contributed by atoms with Gasteiger partial charge in [-0.05, 0) is 48.7 Å². The molecule has 5 rings (SSSR count). The molecule has 2 heterocycles. The topological polar surface area (TPSA) is 60.4 Å². The molecule has 0 saturated heterocycles. The van der Waals surface area contributed by atoms with E-state index < -0.39 is 0 Å². The molecule has 1 saturated carbocycles. The average molecular weight is 410 g/mol. The summed E-state index contributed by atoms with van der Waals surface area (Å²) in [6.45, 7) is 1.01. The lowest BCUT2D eigenvalue weighted by Crippen LogP contribution is -2.42. The van der Waals surface area contributed by atoms with Crippen molar-refractivity contribution in [2.24, 2.45) is 11.1 Å². The van der Waals surface area contributed by atoms with Crippen molar-refractivity contribution in [1.82, 2.24) is 4.90 Å². The number of oxime groups is 1. The molecule has 30 heavy (non-hydrogen) atoms. The van der Waals surface area contributed by atoms with Gasteiger partial charge in [-0.1, -0.05) is 23.7 Å². The highest BCUT2D eigenvalue weighted by atomic mass is 19.1. The normalized spacial score (nSPS) is 19.8. The first-order chi connectivity index (χ1) is 14.7. The zero-order valence-corrected chi connectivity index (χ0v) is 16.6. The fourth-order valence-corrected chi connectivity index (χ4v) is 4.02. The van der Waals surface area contributed by atoms with Crippen molar-refractivity contribution >= 4 is 11.6 Å². The molecule has 1 aliphatic carbocycles. The van der Waals surface area contributed by atoms with Gasteiger partial charge in [0, 0.05) is 24.4 Å². The van der Waals surface area contributed by atoms with Crippen molar-refractivity contribution in [2.75, 3.05) is 13.3 Å². The van der Waals surface area contributed by atoms with Crippen LogP contribution in [0.2, 0.25) is 0 Å². The first-order valence-corrected chi connectivity index (χ1v) is 10.3. The molecule has 1 atom stereocenters. The molecule has 0 spiro atoms. The van der Waals surface area contributed by atoms with E-state index in [2.05, 4.69) is 5.16 Å². The Morgan fingerprint density at radius 1 is 1.13 bits per heavy atom. The fraction of sp³-hybridized carbons (Fsp3) is 0.391. The van der Waals surface area contributed by atoms with Crippen LogP contribution in [0.15, 0.2) is 47.6 Å². The van der Waals surface area contributed by atoms with Crippen LogP contribution in [0.25, 0.3) is 0 Å². The van der Waals surface area contributed by atoms with Gasteiger partial charge in [0.05, 0.1) is 12.3 Å². The number of benzene rings is 2. The predicted molar refractivity (Wildman–Crippen MR) is 108 cm³/mol. The van der Waals surface area contributed by atoms with Crippen LogP contribution in [0, 0.1) is 11.7 Å². The summed E-state index contributed by atoms with van der Waals surface area (Å²) in [5.74, 6) is 1.31. The van der Waals surface area contributed by atoms with Gasteiger partial charge < -0.3 is 19.2 Å². The van der Waals surface area contributed by atoms with E-state index in [0.29, 0.717) is 25.3 Å². The van der Waals surface area contributed by atoms with Gasteiger partial charge in [-0.3, -0.25) is 4.79 Å². The number of hydrogen-bond acceptors (Lipinski definition) is 5. The Labute approximate surface area is 174 Å². The quantitative estimate of drug-likeness (QED) is 0.725. The molecular formula is C23H23FN2O4. The predicted octanol–water partition coefficient (Wildman–Crippen LogP) is 3.88. The first-order valence-electron chi connectivity index (χ1n) is 10.3. The summed E-state index contributed by atoms with van der Waals surface area (Å²) in [4.78, 5) is 20.4. The molecule has 6 nitrogen and oxygen atoms in total. The van der Waals surface area contributed by atoms with Crippen molar-refractivity contribution in [2.45, 2.75) is 38.3 Å². The number of fused-ring (bicyclic) bond motifs is 1. The van der Waals surface area contributed by atoms with E-state index in [1.165, 1.54) is 12.1 Å². The van der Waals surface area contributed by atoms with Crippen LogP contribution >= 0.6 is 0 Å². The van der Waals surface area contributed by atoms with Gasteiger partial charge in [0.15, 0.2) is 17.6 Å². The van der Waals surface area contributed by atoms with Crippen LogP contribution in [0.5, 0.6) is 11.5 Å². The number of amides is 1. The van der Waals surface area contributed by atoms with Crippen LogP contribution in [0.3, 0.4) is 0 Å². The molecule has 0 unspecified atom stereocenters. The molecule has 7 heteroatoms. The lowest BCUT2D eigenvalue weighted by Gasteiger charge is -2.32. The fourth-order valence-electron chi connectivity index (χ4n) is 4.02. The van der Waals surface area contributed by atoms with E-state index >= 15 is 0 Å². The van der Waals surface area contributed by atoms with Crippen molar-refractivity contribution in [3.05, 3.63) is 59.4 Å². The minimum absolute atomic E-state index is 0.0641. The number of carbonyl (C=O) groups excluding carboxylic acids is 1. The maximum atomic E-state index is 13.6. The Bertz CT molecular complexity index is 989. The highest BCUT2D eigenvalue weighted by Crippen LogP contribution is 2.34. The molecule has 3 aliphatic rings. The van der Waals surface area contributed by atoms with E-state index in [4.69, 9.17) is 14.3 Å². The SMILES string of the molecule is O=C(C1CCC1)N(Cc1cccc(F)c1)C[C@H]1CC(c2ccc3c(c2)OCO3)=NO1. The first kappa shape index (κ1) is 18.9. The van der Waals surface area contributed by atoms with Gasteiger partial charge in [-0.25, -0.2) is 4.39 Å². The third kappa shape index (κ3) is 3.84. The lowest BCUT2D eigenvalue weighted by molar-refractivity contribution is -0.140. The Kier molecular flexibility index (Phi) is 5.02. The third-order valence-corrected chi connectivity index (χ3v) is 5.89. The highest BCUT2D eigenvalue weighted by molar-refractivity contribution is 6.01. The van der Waals surface area contributed by atoms with Crippen molar-refractivity contribution < 1.29 is 23.5 Å². The smallest absolute Gasteiger partial charge is 0.231 e.